The number of carbonyl (C=O) groups excluding carboxylic acids is 2. The Bertz CT molecular complexity index is 1380. The standard InChI is InChI=1S/C28H26FN3O5/c1-28(2,17-33)12-10-18-4-9-25-24(14-18)32(3)27(35)23(16-36-25)31-26(34)22-15-21(11-13-30-22)37-20-7-5-19(29)6-8-20/h4-9,11,13-15,23,33H,16-17H2,1-3H3,(H,31,34)/t23-/m1/s1. The normalized spacial score (nSPS) is 15.0. The van der Waals surface area contributed by atoms with Gasteiger partial charge in [0.25, 0.3) is 11.8 Å². The second-order valence-corrected chi connectivity index (χ2v) is 9.14. The molecular formula is C28H26FN3O5. The molecule has 0 unspecified atom stereocenters. The maximum atomic E-state index is 13.2. The third kappa shape index (κ3) is 6.23. The number of benzene rings is 2. The van der Waals surface area contributed by atoms with E-state index in [0.29, 0.717) is 28.5 Å². The number of fused-ring (bicyclic) bond motifs is 1. The molecule has 0 saturated carbocycles. The van der Waals surface area contributed by atoms with E-state index in [1.807, 2.05) is 13.8 Å². The topological polar surface area (TPSA) is 101 Å². The summed E-state index contributed by atoms with van der Waals surface area (Å²) in [5.41, 5.74) is 0.660. The fraction of sp³-hybridized carbons (Fsp3) is 0.250. The van der Waals surface area contributed by atoms with Gasteiger partial charge in [-0.3, -0.25) is 14.6 Å². The SMILES string of the molecule is CN1C(=O)[C@H](NC(=O)c2cc(Oc3ccc(F)cc3)ccn2)COc2ccc(C#CC(C)(C)CO)cc21. The molecule has 8 nitrogen and oxygen atoms in total. The van der Waals surface area contributed by atoms with E-state index in [9.17, 15) is 19.1 Å². The molecule has 9 heteroatoms. The van der Waals surface area contributed by atoms with E-state index < -0.39 is 17.4 Å². The maximum absolute atomic E-state index is 13.2. The van der Waals surface area contributed by atoms with E-state index in [4.69, 9.17) is 9.47 Å². The molecule has 0 saturated heterocycles. The molecular weight excluding hydrogens is 477 g/mol. The lowest BCUT2D eigenvalue weighted by Crippen LogP contribution is -2.49. The lowest BCUT2D eigenvalue weighted by molar-refractivity contribution is -0.120. The molecule has 0 spiro atoms. The lowest BCUT2D eigenvalue weighted by atomic mass is 9.95. The highest BCUT2D eigenvalue weighted by Gasteiger charge is 2.31. The van der Waals surface area contributed by atoms with Crippen molar-refractivity contribution in [1.29, 1.82) is 0 Å². The van der Waals surface area contributed by atoms with Crippen molar-refractivity contribution in [3.05, 3.63) is 77.9 Å². The van der Waals surface area contributed by atoms with Gasteiger partial charge >= 0.3 is 0 Å². The van der Waals surface area contributed by atoms with E-state index in [2.05, 4.69) is 22.1 Å². The minimum Gasteiger partial charge on any atom is -0.489 e. The predicted molar refractivity (Wildman–Crippen MR) is 135 cm³/mol. The highest BCUT2D eigenvalue weighted by atomic mass is 19.1. The van der Waals surface area contributed by atoms with Crippen molar-refractivity contribution < 1.29 is 28.6 Å². The number of rotatable bonds is 5. The third-order valence-electron chi connectivity index (χ3n) is 5.61. The Morgan fingerprint density at radius 2 is 1.97 bits per heavy atom. The highest BCUT2D eigenvalue weighted by molar-refractivity contribution is 6.03. The van der Waals surface area contributed by atoms with E-state index in [1.165, 1.54) is 41.4 Å². The van der Waals surface area contributed by atoms with Gasteiger partial charge in [0.05, 0.1) is 12.3 Å². The van der Waals surface area contributed by atoms with Gasteiger partial charge in [0.1, 0.15) is 41.4 Å². The van der Waals surface area contributed by atoms with Gasteiger partial charge in [-0.05, 0) is 62.4 Å². The fourth-order valence-electron chi connectivity index (χ4n) is 3.43. The number of ether oxygens (including phenoxy) is 2. The molecule has 1 aliphatic rings. The van der Waals surface area contributed by atoms with Crippen LogP contribution in [0.25, 0.3) is 0 Å². The van der Waals surface area contributed by atoms with E-state index in [0.717, 1.165) is 0 Å². The van der Waals surface area contributed by atoms with Gasteiger partial charge in [0.15, 0.2) is 0 Å². The molecule has 0 radical (unpaired) electrons. The fourth-order valence-corrected chi connectivity index (χ4v) is 3.43. The number of aromatic nitrogens is 1. The average Bonchev–Trinajstić information content (AvgIpc) is 3.01. The second kappa shape index (κ2) is 10.7. The molecule has 2 N–H and O–H groups in total. The number of aliphatic hydroxyl groups is 1. The molecule has 2 amide bonds. The summed E-state index contributed by atoms with van der Waals surface area (Å²) in [7, 11) is 1.60. The summed E-state index contributed by atoms with van der Waals surface area (Å²) in [5, 5.41) is 12.1. The molecule has 37 heavy (non-hydrogen) atoms. The molecule has 4 rings (SSSR count). The van der Waals surface area contributed by atoms with Crippen LogP contribution in [0.2, 0.25) is 0 Å². The van der Waals surface area contributed by atoms with Crippen LogP contribution in [0.1, 0.15) is 29.9 Å². The second-order valence-electron chi connectivity index (χ2n) is 9.14. The zero-order valence-corrected chi connectivity index (χ0v) is 20.6. The van der Waals surface area contributed by atoms with Gasteiger partial charge in [0, 0.05) is 30.3 Å². The monoisotopic (exact) mass is 503 g/mol. The summed E-state index contributed by atoms with van der Waals surface area (Å²) >= 11 is 0. The van der Waals surface area contributed by atoms with Crippen LogP contribution in [0, 0.1) is 23.1 Å². The third-order valence-corrected chi connectivity index (χ3v) is 5.61. The molecule has 0 fully saturated rings. The minimum atomic E-state index is -0.962. The molecule has 0 bridgehead atoms. The number of carbonyl (C=O) groups is 2. The zero-order chi connectivity index (χ0) is 26.6. The maximum Gasteiger partial charge on any atom is 0.270 e. The number of likely N-dealkylation sites (N-methyl/N-ethyl adjacent to an activating group) is 1. The molecule has 3 aromatic rings. The van der Waals surface area contributed by atoms with Crippen molar-refractivity contribution in [3.8, 4) is 29.1 Å². The van der Waals surface area contributed by atoms with Gasteiger partial charge in [0.2, 0.25) is 0 Å². The van der Waals surface area contributed by atoms with Gasteiger partial charge in [-0.25, -0.2) is 4.39 Å². The smallest absolute Gasteiger partial charge is 0.270 e. The first-order valence-electron chi connectivity index (χ1n) is 11.5. The number of halogens is 1. The highest BCUT2D eigenvalue weighted by Crippen LogP contribution is 2.32. The van der Waals surface area contributed by atoms with Crippen LogP contribution in [0.3, 0.4) is 0 Å². The van der Waals surface area contributed by atoms with Crippen LogP contribution in [0.4, 0.5) is 10.1 Å². The average molecular weight is 504 g/mol. The number of pyridine rings is 1. The summed E-state index contributed by atoms with van der Waals surface area (Å²) in [6.45, 7) is 3.50. The summed E-state index contributed by atoms with van der Waals surface area (Å²) in [6.07, 6.45) is 1.40. The van der Waals surface area contributed by atoms with Crippen LogP contribution in [0.5, 0.6) is 17.2 Å². The van der Waals surface area contributed by atoms with Crippen molar-refractivity contribution in [2.24, 2.45) is 5.41 Å². The van der Waals surface area contributed by atoms with Gasteiger partial charge in [-0.15, -0.1) is 0 Å². The summed E-state index contributed by atoms with van der Waals surface area (Å²) < 4.78 is 24.6. The van der Waals surface area contributed by atoms with Crippen molar-refractivity contribution in [3.63, 3.8) is 0 Å². The Morgan fingerprint density at radius 3 is 2.70 bits per heavy atom. The molecule has 2 heterocycles. The van der Waals surface area contributed by atoms with Crippen molar-refractivity contribution >= 4 is 17.5 Å². The first kappa shape index (κ1) is 25.7. The number of amides is 2. The van der Waals surface area contributed by atoms with Crippen LogP contribution in [-0.4, -0.2) is 48.2 Å². The Labute approximate surface area is 214 Å². The summed E-state index contributed by atoms with van der Waals surface area (Å²) in [5.74, 6) is 5.90. The van der Waals surface area contributed by atoms with Gasteiger partial charge in [-0.1, -0.05) is 11.8 Å². The van der Waals surface area contributed by atoms with Crippen molar-refractivity contribution in [2.45, 2.75) is 19.9 Å². The van der Waals surface area contributed by atoms with Crippen LogP contribution in [-0.2, 0) is 4.79 Å². The van der Waals surface area contributed by atoms with Crippen LogP contribution < -0.4 is 19.7 Å². The predicted octanol–water partition coefficient (Wildman–Crippen LogP) is 3.54. The van der Waals surface area contributed by atoms with Gasteiger partial charge in [-0.2, -0.15) is 0 Å². The molecule has 1 aromatic heterocycles. The van der Waals surface area contributed by atoms with Gasteiger partial charge < -0.3 is 24.8 Å². The number of hydrogen-bond donors (Lipinski definition) is 2. The molecule has 190 valence electrons. The first-order chi connectivity index (χ1) is 17.6. The van der Waals surface area contributed by atoms with Crippen molar-refractivity contribution in [1.82, 2.24) is 10.3 Å². The number of nitrogens with zero attached hydrogens (tertiary/aromatic N) is 2. The van der Waals surface area contributed by atoms with E-state index >= 15 is 0 Å². The molecule has 2 aromatic carbocycles. The Kier molecular flexibility index (Phi) is 7.41. The lowest BCUT2D eigenvalue weighted by Gasteiger charge is -2.20. The van der Waals surface area contributed by atoms with E-state index in [-0.39, 0.29) is 30.6 Å². The number of aliphatic hydroxyl groups excluding tert-OH is 1. The molecule has 0 aliphatic carbocycles. The van der Waals surface area contributed by atoms with Crippen LogP contribution in [0.15, 0.2) is 60.8 Å². The zero-order valence-electron chi connectivity index (χ0n) is 20.6. The molecule has 1 atom stereocenters. The van der Waals surface area contributed by atoms with Crippen molar-refractivity contribution in [2.75, 3.05) is 25.2 Å². The Balaban J connectivity index is 1.47. The number of nitrogens with one attached hydrogen (secondary N) is 1. The summed E-state index contributed by atoms with van der Waals surface area (Å²) in [6, 6.07) is 12.7. The van der Waals surface area contributed by atoms with Crippen LogP contribution >= 0.6 is 0 Å². The number of hydrogen-bond acceptors (Lipinski definition) is 6. The Morgan fingerprint density at radius 1 is 1.22 bits per heavy atom. The van der Waals surface area contributed by atoms with E-state index in [1.54, 1.807) is 31.3 Å². The Hall–Kier alpha value is -4.42. The largest absolute Gasteiger partial charge is 0.489 e. The summed E-state index contributed by atoms with van der Waals surface area (Å²) in [4.78, 5) is 31.6. The first-order valence-corrected chi connectivity index (χ1v) is 11.5. The molecule has 1 aliphatic heterocycles. The number of anilines is 1. The minimum absolute atomic E-state index is 0.0425. The quantitative estimate of drug-likeness (QED) is 0.517.